The van der Waals surface area contributed by atoms with Crippen LogP contribution in [0.15, 0.2) is 29.6 Å². The van der Waals surface area contributed by atoms with Gasteiger partial charge in [0.05, 0.1) is 11.8 Å². The lowest BCUT2D eigenvalue weighted by atomic mass is 9.87. The second-order valence-corrected chi connectivity index (χ2v) is 13.7. The predicted molar refractivity (Wildman–Crippen MR) is 161 cm³/mol. The number of Topliss-reactive ketones (excluding diaryl/α,β-unsaturated/α-hetero) is 1. The molecule has 0 saturated carbocycles. The summed E-state index contributed by atoms with van der Waals surface area (Å²) in [5.74, 6) is -0.403. The van der Waals surface area contributed by atoms with E-state index in [0.29, 0.717) is 18.5 Å². The van der Waals surface area contributed by atoms with Gasteiger partial charge in [-0.2, -0.15) is 0 Å². The third-order valence-corrected chi connectivity index (χ3v) is 9.26. The van der Waals surface area contributed by atoms with Crippen molar-refractivity contribution < 1.29 is 19.1 Å². The maximum atomic E-state index is 13.9. The van der Waals surface area contributed by atoms with Crippen LogP contribution in [0, 0.1) is 11.3 Å². The van der Waals surface area contributed by atoms with Crippen molar-refractivity contribution in [1.82, 2.24) is 20.1 Å². The average molecular weight is 582 g/mol. The summed E-state index contributed by atoms with van der Waals surface area (Å²) in [6.07, 6.45) is 2.08. The molecule has 3 aliphatic rings. The molecular formula is C31H43N5O4S. The monoisotopic (exact) mass is 581 g/mol. The van der Waals surface area contributed by atoms with Gasteiger partial charge in [-0.15, -0.1) is 11.3 Å². The Balaban J connectivity index is 1.28. The third kappa shape index (κ3) is 6.65. The number of thiazole rings is 1. The highest BCUT2D eigenvalue weighted by atomic mass is 32.1. The van der Waals surface area contributed by atoms with Gasteiger partial charge in [0.1, 0.15) is 18.7 Å². The maximum absolute atomic E-state index is 13.9. The van der Waals surface area contributed by atoms with Crippen LogP contribution in [0.1, 0.15) is 57.3 Å². The van der Waals surface area contributed by atoms with Crippen LogP contribution in [0.3, 0.4) is 0 Å². The van der Waals surface area contributed by atoms with E-state index in [1.165, 1.54) is 0 Å². The molecule has 1 N–H and O–H groups in total. The summed E-state index contributed by atoms with van der Waals surface area (Å²) in [5, 5.41) is 6.09. The molecule has 0 spiro atoms. The van der Waals surface area contributed by atoms with Gasteiger partial charge in [0.15, 0.2) is 10.9 Å². The van der Waals surface area contributed by atoms with Crippen molar-refractivity contribution in [3.63, 3.8) is 0 Å². The normalized spacial score (nSPS) is 24.0. The number of likely N-dealkylation sites (N-methyl/N-ethyl adjacent to an activating group) is 1. The number of ketones is 1. The molecule has 5 rings (SSSR count). The minimum Gasteiger partial charge on any atom is -0.367 e. The van der Waals surface area contributed by atoms with Crippen LogP contribution in [0.5, 0.6) is 0 Å². The zero-order valence-corrected chi connectivity index (χ0v) is 25.7. The molecule has 0 radical (unpaired) electrons. The molecule has 3 saturated heterocycles. The van der Waals surface area contributed by atoms with Crippen LogP contribution in [-0.4, -0.2) is 96.9 Å². The molecule has 1 aromatic carbocycles. The number of likely N-dealkylation sites (tertiary alicyclic amines) is 1. The summed E-state index contributed by atoms with van der Waals surface area (Å²) in [6.45, 7) is 12.8. The number of nitrogens with zero attached hydrogens (tertiary/aromatic N) is 4. The predicted octanol–water partition coefficient (Wildman–Crippen LogP) is 3.69. The van der Waals surface area contributed by atoms with Crippen LogP contribution in [0.2, 0.25) is 0 Å². The van der Waals surface area contributed by atoms with Crippen LogP contribution in [0.25, 0.3) is 11.3 Å². The molecule has 4 heterocycles. The summed E-state index contributed by atoms with van der Waals surface area (Å²) in [6, 6.07) is 6.11. The lowest BCUT2D eigenvalue weighted by Crippen LogP contribution is -2.53. The van der Waals surface area contributed by atoms with Crippen molar-refractivity contribution in [2.75, 3.05) is 51.3 Å². The number of piperazine rings is 1. The van der Waals surface area contributed by atoms with Gasteiger partial charge in [-0.1, -0.05) is 46.2 Å². The van der Waals surface area contributed by atoms with Crippen molar-refractivity contribution in [2.45, 2.75) is 65.1 Å². The number of rotatable bonds is 8. The number of amides is 2. The Morgan fingerprint density at radius 3 is 2.51 bits per heavy atom. The number of hydrogen-bond acceptors (Lipinski definition) is 8. The molecule has 222 valence electrons. The van der Waals surface area contributed by atoms with E-state index in [1.54, 1.807) is 28.4 Å². The van der Waals surface area contributed by atoms with E-state index in [-0.39, 0.29) is 41.6 Å². The van der Waals surface area contributed by atoms with Crippen LogP contribution in [-0.2, 0) is 14.3 Å². The topological polar surface area (TPSA) is 95.1 Å². The van der Waals surface area contributed by atoms with Gasteiger partial charge >= 0.3 is 0 Å². The summed E-state index contributed by atoms with van der Waals surface area (Å²) in [7, 11) is 2.14. The highest BCUT2D eigenvalue weighted by Gasteiger charge is 2.52. The largest absolute Gasteiger partial charge is 0.367 e. The minimum absolute atomic E-state index is 0.0452. The maximum Gasteiger partial charge on any atom is 0.251 e. The number of carbonyl (C=O) groups is 3. The molecule has 3 aliphatic heterocycles. The Kier molecular flexibility index (Phi) is 8.82. The van der Waals surface area contributed by atoms with E-state index in [2.05, 4.69) is 55.2 Å². The average Bonchev–Trinajstić information content (AvgIpc) is 3.66. The molecule has 0 bridgehead atoms. The molecule has 3 fully saturated rings. The van der Waals surface area contributed by atoms with Gasteiger partial charge in [-0.3, -0.25) is 14.4 Å². The number of benzene rings is 1. The standard InChI is InChI=1S/C31H43N5O4S/c1-6-7-22-17-36(26-25(37)18-40-27(22)26)29(39)23(16-31(2,3)4)32-28(38)21-10-8-20(9-11-21)24-19-41-30(33-24)35-14-12-34(5)13-15-35/h8-11,19,22-23,26-27H,6-7,12-18H2,1-5H3,(H,32,38)/t22-,23+,26-,27-/m1/s1. The van der Waals surface area contributed by atoms with Crippen LogP contribution < -0.4 is 10.2 Å². The Bertz CT molecular complexity index is 1250. The Labute approximate surface area is 247 Å². The fourth-order valence-corrected chi connectivity index (χ4v) is 7.08. The lowest BCUT2D eigenvalue weighted by Gasteiger charge is -2.32. The van der Waals surface area contributed by atoms with Crippen molar-refractivity contribution in [3.8, 4) is 11.3 Å². The van der Waals surface area contributed by atoms with Crippen molar-refractivity contribution in [2.24, 2.45) is 11.3 Å². The Morgan fingerprint density at radius 1 is 1.15 bits per heavy atom. The first-order valence-electron chi connectivity index (χ1n) is 14.8. The molecule has 41 heavy (non-hydrogen) atoms. The fourth-order valence-electron chi connectivity index (χ4n) is 6.19. The molecule has 9 nitrogen and oxygen atoms in total. The van der Waals surface area contributed by atoms with E-state index in [4.69, 9.17) is 9.72 Å². The Morgan fingerprint density at radius 2 is 1.85 bits per heavy atom. The number of fused-ring (bicyclic) bond motifs is 1. The quantitative estimate of drug-likeness (QED) is 0.508. The summed E-state index contributed by atoms with van der Waals surface area (Å²) < 4.78 is 5.81. The summed E-state index contributed by atoms with van der Waals surface area (Å²) in [5.41, 5.74) is 2.12. The molecule has 10 heteroatoms. The molecule has 2 amide bonds. The SMILES string of the molecule is CCC[C@@H]1CN(C(=O)[C@H](CC(C)(C)C)NC(=O)c2ccc(-c3csc(N4CCN(C)CC4)n3)cc2)[C@@H]2C(=O)CO[C@H]12. The van der Waals surface area contributed by atoms with Gasteiger partial charge in [-0.25, -0.2) is 4.98 Å². The van der Waals surface area contributed by atoms with Crippen LogP contribution >= 0.6 is 11.3 Å². The van der Waals surface area contributed by atoms with Crippen molar-refractivity contribution in [1.29, 1.82) is 0 Å². The minimum atomic E-state index is -0.735. The lowest BCUT2D eigenvalue weighted by molar-refractivity contribution is -0.138. The van der Waals surface area contributed by atoms with Crippen molar-refractivity contribution in [3.05, 3.63) is 35.2 Å². The van der Waals surface area contributed by atoms with E-state index in [0.717, 1.165) is 55.4 Å². The van der Waals surface area contributed by atoms with Crippen molar-refractivity contribution >= 4 is 34.1 Å². The molecule has 0 aliphatic carbocycles. The zero-order chi connectivity index (χ0) is 29.3. The first kappa shape index (κ1) is 29.7. The second kappa shape index (κ2) is 12.2. The number of ether oxygens (including phenoxy) is 1. The summed E-state index contributed by atoms with van der Waals surface area (Å²) in [4.78, 5) is 51.2. The van der Waals surface area contributed by atoms with Gasteiger partial charge in [0.2, 0.25) is 5.91 Å². The highest BCUT2D eigenvalue weighted by molar-refractivity contribution is 7.14. The van der Waals surface area contributed by atoms with Gasteiger partial charge in [-0.05, 0) is 37.4 Å². The summed E-state index contributed by atoms with van der Waals surface area (Å²) >= 11 is 1.64. The number of hydrogen-bond donors (Lipinski definition) is 1. The molecule has 0 unspecified atom stereocenters. The smallest absolute Gasteiger partial charge is 0.251 e. The molecule has 4 atom stereocenters. The fraction of sp³-hybridized carbons (Fsp3) is 0.613. The highest BCUT2D eigenvalue weighted by Crippen LogP contribution is 2.35. The zero-order valence-electron chi connectivity index (χ0n) is 24.9. The van der Waals surface area contributed by atoms with E-state index in [1.807, 2.05) is 12.1 Å². The third-order valence-electron chi connectivity index (χ3n) is 8.36. The molecular weight excluding hydrogens is 538 g/mol. The van der Waals surface area contributed by atoms with Gasteiger partial charge < -0.3 is 24.8 Å². The molecule has 1 aromatic heterocycles. The van der Waals surface area contributed by atoms with Gasteiger partial charge in [0, 0.05) is 55.1 Å². The Hall–Kier alpha value is -2.82. The van der Waals surface area contributed by atoms with Gasteiger partial charge in [0.25, 0.3) is 5.91 Å². The first-order chi connectivity index (χ1) is 19.5. The number of carbonyl (C=O) groups excluding carboxylic acids is 3. The number of aromatic nitrogens is 1. The van der Waals surface area contributed by atoms with E-state index < -0.39 is 12.1 Å². The number of anilines is 1. The first-order valence-corrected chi connectivity index (χ1v) is 15.7. The van der Waals surface area contributed by atoms with E-state index in [9.17, 15) is 14.4 Å². The van der Waals surface area contributed by atoms with E-state index >= 15 is 0 Å². The number of nitrogens with one attached hydrogen (secondary N) is 1. The molecule has 2 aromatic rings. The van der Waals surface area contributed by atoms with Crippen LogP contribution in [0.4, 0.5) is 5.13 Å². The second-order valence-electron chi connectivity index (χ2n) is 12.9.